The summed E-state index contributed by atoms with van der Waals surface area (Å²) in [5.41, 5.74) is 0.115. The molecule has 0 fully saturated rings. The molecule has 0 N–H and O–H groups in total. The van der Waals surface area contributed by atoms with Crippen LogP contribution in [0, 0.1) is 5.41 Å². The van der Waals surface area contributed by atoms with Crippen molar-refractivity contribution in [2.75, 3.05) is 0 Å². The summed E-state index contributed by atoms with van der Waals surface area (Å²) in [4.78, 5) is 16.8. The van der Waals surface area contributed by atoms with Crippen molar-refractivity contribution in [1.29, 1.82) is 0 Å². The Labute approximate surface area is 164 Å². The maximum absolute atomic E-state index is 13.2. The largest absolute Gasteiger partial charge is 1.00 e. The third-order valence-corrected chi connectivity index (χ3v) is 5.63. The Morgan fingerprint density at radius 2 is 1.72 bits per heavy atom. The quantitative estimate of drug-likeness (QED) is 0.702. The second kappa shape index (κ2) is 8.06. The first-order valence-electron chi connectivity index (χ1n) is 9.10. The molecule has 0 saturated heterocycles. The van der Waals surface area contributed by atoms with Gasteiger partial charge in [0.25, 0.3) is 0 Å². The number of amides is 1. The van der Waals surface area contributed by atoms with Gasteiger partial charge in [0.05, 0.1) is 6.04 Å². The summed E-state index contributed by atoms with van der Waals surface area (Å²) in [6.07, 6.45) is 10.7. The Hall–Kier alpha value is -1.11. The molecule has 2 aliphatic heterocycles. The van der Waals surface area contributed by atoms with Gasteiger partial charge in [0, 0.05) is 17.2 Å². The average molecular weight is 338 g/mol. The predicted molar refractivity (Wildman–Crippen MR) is 95.5 cm³/mol. The topological polar surface area (TPSA) is 46.6 Å². The van der Waals surface area contributed by atoms with Crippen LogP contribution in [0.5, 0.6) is 0 Å². The fraction of sp³-hybridized carbons (Fsp3) is 0.650. The Balaban J connectivity index is 0.00000312. The number of hydrogen-bond donors (Lipinski definition) is 0. The molecule has 2 rings (SSSR count). The smallest absolute Gasteiger partial charge is 0.860 e. The van der Waals surface area contributed by atoms with Crippen LogP contribution in [-0.4, -0.2) is 27.3 Å². The van der Waals surface area contributed by atoms with Crippen LogP contribution in [0.1, 0.15) is 67.2 Å². The monoisotopic (exact) mass is 338 g/mol. The standard InChI is InChI=1S/C20H32N2O2.Li/c1-7-20(8-2,9-3)18(24)21-14-12-15-16(21)11-10-13-22(17(15)23)19(4,5)6;/h10,12-14,16,23H,7-9,11H2,1-6H3;/q;+1/p-1/t16-;/m1./s1. The zero-order valence-corrected chi connectivity index (χ0v) is 16.9. The summed E-state index contributed by atoms with van der Waals surface area (Å²) < 4.78 is 0. The van der Waals surface area contributed by atoms with E-state index in [9.17, 15) is 9.90 Å². The molecule has 1 atom stereocenters. The van der Waals surface area contributed by atoms with Crippen LogP contribution in [0.25, 0.3) is 0 Å². The molecule has 2 heterocycles. The minimum atomic E-state index is -0.331. The molecule has 0 aromatic rings. The van der Waals surface area contributed by atoms with E-state index in [0.717, 1.165) is 24.8 Å². The molecule has 5 heteroatoms. The molecule has 0 aromatic carbocycles. The molecule has 0 spiro atoms. The molecule has 134 valence electrons. The number of hydrogen-bond acceptors (Lipinski definition) is 3. The molecule has 25 heavy (non-hydrogen) atoms. The van der Waals surface area contributed by atoms with E-state index in [1.807, 2.05) is 45.3 Å². The van der Waals surface area contributed by atoms with Crippen molar-refractivity contribution < 1.29 is 28.8 Å². The maximum atomic E-state index is 13.2. The zero-order chi connectivity index (χ0) is 18.1. The molecule has 1 amide bonds. The van der Waals surface area contributed by atoms with Crippen molar-refractivity contribution in [3.63, 3.8) is 0 Å². The van der Waals surface area contributed by atoms with Gasteiger partial charge in [0.1, 0.15) is 0 Å². The predicted octanol–water partition coefficient (Wildman–Crippen LogP) is 0.521. The maximum Gasteiger partial charge on any atom is 1.00 e. The van der Waals surface area contributed by atoms with Gasteiger partial charge < -0.3 is 14.9 Å². The third-order valence-electron chi connectivity index (χ3n) is 5.63. The van der Waals surface area contributed by atoms with Gasteiger partial charge in [-0.15, -0.1) is 0 Å². The van der Waals surface area contributed by atoms with Gasteiger partial charge in [-0.25, -0.2) is 0 Å². The zero-order valence-electron chi connectivity index (χ0n) is 16.9. The van der Waals surface area contributed by atoms with E-state index in [1.165, 1.54) is 0 Å². The van der Waals surface area contributed by atoms with Gasteiger partial charge in [0.15, 0.2) is 0 Å². The summed E-state index contributed by atoms with van der Waals surface area (Å²) in [7, 11) is 0. The summed E-state index contributed by atoms with van der Waals surface area (Å²) >= 11 is 0. The molecular weight excluding hydrogens is 307 g/mol. The van der Waals surface area contributed by atoms with E-state index in [2.05, 4.69) is 20.8 Å². The van der Waals surface area contributed by atoms with Gasteiger partial charge in [-0.1, -0.05) is 26.8 Å². The normalized spacial score (nSPS) is 20.5. The minimum absolute atomic E-state index is 0. The Bertz CT molecular complexity index is 575. The van der Waals surface area contributed by atoms with Crippen molar-refractivity contribution in [1.82, 2.24) is 9.80 Å². The van der Waals surface area contributed by atoms with Gasteiger partial charge in [0.2, 0.25) is 5.91 Å². The molecule has 0 aliphatic carbocycles. The van der Waals surface area contributed by atoms with Crippen LogP contribution in [0.4, 0.5) is 0 Å². The summed E-state index contributed by atoms with van der Waals surface area (Å²) in [6.45, 7) is 12.3. The molecule has 0 bridgehead atoms. The SMILES string of the molecule is CCC(CC)(CC)C(=O)N1C=CC2=C([O-])N(C(C)(C)C)C=CC[C@H]21.[Li+]. The van der Waals surface area contributed by atoms with Gasteiger partial charge in [-0.05, 0) is 70.2 Å². The first kappa shape index (κ1) is 21.9. The second-order valence-corrected chi connectivity index (χ2v) is 7.81. The third kappa shape index (κ3) is 3.86. The number of carbonyl (C=O) groups is 1. The van der Waals surface area contributed by atoms with Crippen LogP contribution >= 0.6 is 0 Å². The van der Waals surface area contributed by atoms with Gasteiger partial charge in [-0.2, -0.15) is 0 Å². The van der Waals surface area contributed by atoms with E-state index in [1.54, 1.807) is 9.80 Å². The van der Waals surface area contributed by atoms with Crippen molar-refractivity contribution in [2.45, 2.75) is 78.8 Å². The summed E-state index contributed by atoms with van der Waals surface area (Å²) in [6, 6.07) is -0.169. The van der Waals surface area contributed by atoms with Crippen LogP contribution in [-0.2, 0) is 4.79 Å². The molecule has 0 radical (unpaired) electrons. The fourth-order valence-corrected chi connectivity index (χ4v) is 3.70. The van der Waals surface area contributed by atoms with Crippen LogP contribution in [0.15, 0.2) is 36.0 Å². The second-order valence-electron chi connectivity index (χ2n) is 7.81. The van der Waals surface area contributed by atoms with Crippen molar-refractivity contribution in [3.05, 3.63) is 36.0 Å². The summed E-state index contributed by atoms with van der Waals surface area (Å²) in [5, 5.41) is 12.9. The van der Waals surface area contributed by atoms with E-state index in [4.69, 9.17) is 0 Å². The molecule has 2 aliphatic rings. The first-order valence-corrected chi connectivity index (χ1v) is 9.10. The van der Waals surface area contributed by atoms with Crippen molar-refractivity contribution in [3.8, 4) is 0 Å². The van der Waals surface area contributed by atoms with E-state index >= 15 is 0 Å². The van der Waals surface area contributed by atoms with E-state index in [0.29, 0.717) is 6.42 Å². The molecule has 0 aromatic heterocycles. The number of rotatable bonds is 4. The number of carbonyl (C=O) groups excluding carboxylic acids is 1. The number of fused-ring (bicyclic) bond motifs is 1. The van der Waals surface area contributed by atoms with Crippen LogP contribution < -0.4 is 24.0 Å². The minimum Gasteiger partial charge on any atom is -0.860 e. The summed E-state index contributed by atoms with van der Waals surface area (Å²) in [5.74, 6) is 0.152. The van der Waals surface area contributed by atoms with E-state index < -0.39 is 0 Å². The number of nitrogens with zero attached hydrogens (tertiary/aromatic N) is 2. The van der Waals surface area contributed by atoms with Gasteiger partial charge in [-0.3, -0.25) is 4.79 Å². The van der Waals surface area contributed by atoms with Crippen molar-refractivity contribution in [2.24, 2.45) is 5.41 Å². The van der Waals surface area contributed by atoms with Gasteiger partial charge >= 0.3 is 18.9 Å². The Morgan fingerprint density at radius 3 is 2.20 bits per heavy atom. The molecule has 4 nitrogen and oxygen atoms in total. The molecule has 0 unspecified atom stereocenters. The average Bonchev–Trinajstić information content (AvgIpc) is 2.88. The van der Waals surface area contributed by atoms with Crippen LogP contribution in [0.2, 0.25) is 0 Å². The fourth-order valence-electron chi connectivity index (χ4n) is 3.70. The Morgan fingerprint density at radius 1 is 1.16 bits per heavy atom. The van der Waals surface area contributed by atoms with Crippen LogP contribution in [0.3, 0.4) is 0 Å². The van der Waals surface area contributed by atoms with Crippen molar-refractivity contribution >= 4 is 5.91 Å². The first-order chi connectivity index (χ1) is 11.2. The molecule has 0 saturated carbocycles. The molecular formula is C20H31LiN2O2. The van der Waals surface area contributed by atoms with E-state index in [-0.39, 0.29) is 47.6 Å². The Kier molecular flexibility index (Phi) is 7.07.